The van der Waals surface area contributed by atoms with E-state index in [-0.39, 0.29) is 27.1 Å². The molecule has 15 aromatic rings. The fraction of sp³-hybridized carbons (Fsp3) is 0.243. The van der Waals surface area contributed by atoms with Crippen LogP contribution in [0.5, 0.6) is 0 Å². The molecule has 0 atom stereocenters. The van der Waals surface area contributed by atoms with Gasteiger partial charge in [0.1, 0.15) is 45.6 Å². The van der Waals surface area contributed by atoms with Crippen LogP contribution in [-0.2, 0) is 27.1 Å². The number of para-hydroxylation sites is 4. The first-order chi connectivity index (χ1) is 56.3. The van der Waals surface area contributed by atoms with Crippen LogP contribution in [0.4, 0.5) is 5.69 Å². The highest BCUT2D eigenvalue weighted by molar-refractivity contribution is 6.02. The highest BCUT2D eigenvalue weighted by Crippen LogP contribution is 2.52. The summed E-state index contributed by atoms with van der Waals surface area (Å²) in [5.41, 5.74) is 45.2. The molecule has 3 aliphatic rings. The van der Waals surface area contributed by atoms with E-state index in [9.17, 15) is 0 Å². The number of aryl methyl sites for hydroxylation is 5. The maximum absolute atomic E-state index is 8.49. The Bertz CT molecular complexity index is 6080. The van der Waals surface area contributed by atoms with Gasteiger partial charge in [0.05, 0.1) is 22.7 Å². The van der Waals surface area contributed by atoms with Gasteiger partial charge >= 0.3 is 0 Å². The van der Waals surface area contributed by atoms with E-state index in [0.29, 0.717) is 0 Å². The first-order valence-corrected chi connectivity index (χ1v) is 40.7. The van der Waals surface area contributed by atoms with Gasteiger partial charge in [0.2, 0.25) is 0 Å². The topological polar surface area (TPSA) is 172 Å². The summed E-state index contributed by atoms with van der Waals surface area (Å²) in [7, 11) is 0. The molecule has 0 saturated heterocycles. The van der Waals surface area contributed by atoms with Gasteiger partial charge in [-0.1, -0.05) is 391 Å². The van der Waals surface area contributed by atoms with E-state index in [0.717, 1.165) is 152 Å². The van der Waals surface area contributed by atoms with Gasteiger partial charge in [0.25, 0.3) is 0 Å². The van der Waals surface area contributed by atoms with Crippen molar-refractivity contribution in [1.82, 2.24) is 60.0 Å². The molecule has 118 heavy (non-hydrogen) atoms. The molecule has 11 aromatic carbocycles. The van der Waals surface area contributed by atoms with E-state index < -0.39 is 0 Å². The van der Waals surface area contributed by atoms with Crippen molar-refractivity contribution < 1.29 is 0 Å². The highest BCUT2D eigenvalue weighted by Gasteiger charge is 2.37. The van der Waals surface area contributed by atoms with E-state index in [2.05, 4.69) is 403 Å². The monoisotopic (exact) mass is 1550 g/mol. The third-order valence-electron chi connectivity index (χ3n) is 22.5. The maximum Gasteiger partial charge on any atom is 0.122 e. The fourth-order valence-electron chi connectivity index (χ4n) is 16.6. The Balaban J connectivity index is 0.000000137. The molecule has 4 aromatic heterocycles. The molecule has 0 fully saturated rings. The van der Waals surface area contributed by atoms with Gasteiger partial charge in [-0.15, -0.1) is 20.4 Å². The number of aromatic nitrogens is 12. The van der Waals surface area contributed by atoms with Crippen molar-refractivity contribution in [2.75, 3.05) is 0 Å². The second-order valence-electron chi connectivity index (χ2n) is 36.2. The molecule has 0 unspecified atom stereocenters. The predicted molar refractivity (Wildman–Crippen MR) is 486 cm³/mol. The molecule has 3 aliphatic carbocycles. The van der Waals surface area contributed by atoms with Crippen LogP contribution in [-0.4, -0.2) is 60.0 Å². The third-order valence-corrected chi connectivity index (χ3v) is 22.5. The lowest BCUT2D eigenvalue weighted by Gasteiger charge is -2.26. The zero-order valence-corrected chi connectivity index (χ0v) is 71.5. The maximum atomic E-state index is 8.49. The van der Waals surface area contributed by atoms with Gasteiger partial charge in [0, 0.05) is 55.1 Å². The second-order valence-corrected chi connectivity index (χ2v) is 36.2. The molecule has 0 saturated carbocycles. The number of rotatable bonds is 5. The first kappa shape index (κ1) is 80.0. The van der Waals surface area contributed by atoms with E-state index in [4.69, 9.17) is 46.8 Å². The van der Waals surface area contributed by atoms with Gasteiger partial charge in [-0.2, -0.15) is 0 Å². The number of azide groups is 1. The molecule has 0 spiro atoms. The van der Waals surface area contributed by atoms with Crippen molar-refractivity contribution in [2.24, 2.45) is 5.11 Å². The Morgan fingerprint density at radius 2 is 0.449 bits per heavy atom. The minimum Gasteiger partial charge on any atom is -0.212 e. The van der Waals surface area contributed by atoms with Crippen LogP contribution >= 0.6 is 0 Å². The Labute approximate surface area is 694 Å². The molecule has 15 nitrogen and oxygen atoms in total. The third kappa shape index (κ3) is 15.1. The number of benzene rings is 11. The van der Waals surface area contributed by atoms with Crippen molar-refractivity contribution in [3.8, 4) is 113 Å². The molecule has 0 radical (unpaired) electrons. The Morgan fingerprint density at radius 1 is 0.246 bits per heavy atom. The Morgan fingerprint density at radius 3 is 0.686 bits per heavy atom. The van der Waals surface area contributed by atoms with Gasteiger partial charge in [-0.3, -0.25) is 0 Å². The van der Waals surface area contributed by atoms with Crippen LogP contribution < -0.4 is 0 Å². The average Bonchev–Trinajstić information content (AvgIpc) is 1.53. The summed E-state index contributed by atoms with van der Waals surface area (Å²) in [6.45, 7) is 43.9. The van der Waals surface area contributed by atoms with Crippen LogP contribution in [0.2, 0.25) is 0 Å². The fourth-order valence-corrected chi connectivity index (χ4v) is 16.6. The minimum atomic E-state index is -0.0941. The van der Waals surface area contributed by atoms with Crippen molar-refractivity contribution in [2.45, 2.75) is 166 Å². The normalized spacial score (nSPS) is 12.6. The number of nitrogens with zero attached hydrogens (tertiary/aromatic N) is 15. The van der Waals surface area contributed by atoms with E-state index in [1.165, 1.54) is 44.5 Å². The summed E-state index contributed by atoms with van der Waals surface area (Å²) < 4.78 is 8.23. The summed E-state index contributed by atoms with van der Waals surface area (Å²) in [6, 6.07) is 82.7. The Kier molecular flexibility index (Phi) is 21.3. The number of hydrogen-bond acceptors (Lipinski definition) is 9. The zero-order chi connectivity index (χ0) is 83.5. The van der Waals surface area contributed by atoms with Gasteiger partial charge in [-0.05, 0) is 145 Å². The lowest BCUT2D eigenvalue weighted by molar-refractivity contribution is 0.581. The quantitative estimate of drug-likeness (QED) is 0.0930. The molecule has 0 N–H and O–H groups in total. The van der Waals surface area contributed by atoms with E-state index >= 15 is 0 Å². The first-order valence-electron chi connectivity index (χ1n) is 40.7. The molecular weight excluding hydrogens is 1450 g/mol. The lowest BCUT2D eigenvalue weighted by Crippen LogP contribution is -2.18. The SMILES string of the molecule is C1=Cc2ccccc2/C=C\c2ccccc21.Cc1cccc(C(C)(C)C)c1-n1nnc2c1-c1ccccc1-c1c(nnn1-c1c(C)cccc1C(C)(C)C)-c1ccccc1-2.Cc1cccc(C(C)(C)C)c1-n1nnc2c1-c1ccccc1-c1nnn(-c3c(C)cccc3C(C)(C)C)c1-c1ccccc1-2.Cc1cccc(C(C)(C)C)c1N=[N+]=[N-]. The smallest absolute Gasteiger partial charge is 0.122 e. The molecule has 0 amide bonds. The largest absolute Gasteiger partial charge is 0.212 e. The molecule has 0 aliphatic heterocycles. The highest BCUT2D eigenvalue weighted by atomic mass is 15.5. The van der Waals surface area contributed by atoms with E-state index in [1.807, 2.05) is 25.1 Å². The standard InChI is InChI=1S/2C38H38N6.C16H12.C11H15N3/c1-23-15-13-21-29(37(3,4)5)33(23)43-35-27-19-11-9-17-25(27)32-36(28-20-12-10-18-26(28)31(35)39-41-43)44(42-40-32)34-24(2)16-14-22-30(34)38(6,7)8;1-23-15-13-21-29(37(3,4)5)33(23)43-35-27-19-11-12-20-28(27)36-32(26-18-10-9-17-25(26)31(35)39-41-43)40-42-44(36)34-24(2)16-14-22-30(34)38(6,7)8;1-2-6-14-11-12-16-8-4-3-7-15(16)10-9-13(14)5-1;1-8-6-5-7-9(11(2,3)4)10(8)13-14-12/h2*9-22H,1-8H3;1-12H;5-7H,1-4H3/b;;10-9-,12-11?,13-9?,14-11?,15-10?,16-12?;. The van der Waals surface area contributed by atoms with Crippen LogP contribution in [0.1, 0.15) is 182 Å². The number of fused-ring (bicyclic) bond motifs is 18. The molecular formula is C103H103N15. The summed E-state index contributed by atoms with van der Waals surface area (Å²) >= 11 is 0. The van der Waals surface area contributed by atoms with Gasteiger partial charge < -0.3 is 0 Å². The van der Waals surface area contributed by atoms with Crippen molar-refractivity contribution in [1.29, 1.82) is 0 Å². The summed E-state index contributed by atoms with van der Waals surface area (Å²) in [6.07, 6.45) is 8.71. The van der Waals surface area contributed by atoms with Crippen molar-refractivity contribution >= 4 is 30.0 Å². The van der Waals surface area contributed by atoms with Crippen molar-refractivity contribution in [3.05, 3.63) is 325 Å². The summed E-state index contributed by atoms with van der Waals surface area (Å²) in [5.74, 6) is 0. The molecule has 590 valence electrons. The predicted octanol–water partition coefficient (Wildman–Crippen LogP) is 26.7. The van der Waals surface area contributed by atoms with Gasteiger partial charge in [-0.25, -0.2) is 18.7 Å². The van der Waals surface area contributed by atoms with Crippen LogP contribution in [0.15, 0.2) is 242 Å². The molecule has 15 heteroatoms. The Hall–Kier alpha value is -13.2. The zero-order valence-electron chi connectivity index (χ0n) is 71.5. The van der Waals surface area contributed by atoms with Crippen LogP contribution in [0.25, 0.3) is 148 Å². The second kappa shape index (κ2) is 31.4. The lowest BCUT2D eigenvalue weighted by atomic mass is 9.84. The van der Waals surface area contributed by atoms with Gasteiger partial charge in [0.15, 0.2) is 0 Å². The summed E-state index contributed by atoms with van der Waals surface area (Å²) in [5, 5.41) is 43.0. The van der Waals surface area contributed by atoms with E-state index in [1.54, 1.807) is 0 Å². The average molecular weight is 1550 g/mol. The molecule has 0 bridgehead atoms. The minimum absolute atomic E-state index is 0.00947. The molecule has 18 rings (SSSR count). The molecule has 4 heterocycles. The van der Waals surface area contributed by atoms with Crippen LogP contribution in [0, 0.1) is 34.6 Å². The van der Waals surface area contributed by atoms with Crippen LogP contribution in [0.3, 0.4) is 0 Å². The number of hydrogen-bond donors (Lipinski definition) is 0. The van der Waals surface area contributed by atoms with Crippen molar-refractivity contribution in [3.63, 3.8) is 0 Å². The summed E-state index contributed by atoms with van der Waals surface area (Å²) in [4.78, 5) is 2.87.